The molecule has 1 fully saturated rings. The fraction of sp³-hybridized carbons (Fsp3) is 0.556. The standard InChI is InChI=1S/C18H25BrN2O4/c1-5-25-16-14(19)10-13(11-15(16)24-4)18(23)21-8-6-20(7-9-21)17(22)12(2)3/h10-12H,5-9H2,1-4H3. The number of rotatable bonds is 5. The van der Waals surface area contributed by atoms with Crippen molar-refractivity contribution < 1.29 is 19.1 Å². The van der Waals surface area contributed by atoms with Crippen molar-refractivity contribution >= 4 is 27.7 Å². The first-order valence-corrected chi connectivity index (χ1v) is 9.26. The molecule has 1 aliphatic heterocycles. The first kappa shape index (κ1) is 19.6. The van der Waals surface area contributed by atoms with Crippen LogP contribution in [0.3, 0.4) is 0 Å². The molecule has 1 aromatic carbocycles. The van der Waals surface area contributed by atoms with Crippen molar-refractivity contribution in [2.24, 2.45) is 5.92 Å². The van der Waals surface area contributed by atoms with Gasteiger partial charge in [-0.1, -0.05) is 13.8 Å². The van der Waals surface area contributed by atoms with Crippen LogP contribution >= 0.6 is 15.9 Å². The van der Waals surface area contributed by atoms with Gasteiger partial charge in [-0.15, -0.1) is 0 Å². The van der Waals surface area contributed by atoms with Crippen LogP contribution in [-0.2, 0) is 4.79 Å². The van der Waals surface area contributed by atoms with E-state index >= 15 is 0 Å². The van der Waals surface area contributed by atoms with Crippen LogP contribution in [0.1, 0.15) is 31.1 Å². The van der Waals surface area contributed by atoms with Crippen LogP contribution in [-0.4, -0.2) is 61.5 Å². The number of hydrogen-bond acceptors (Lipinski definition) is 4. The second-order valence-electron chi connectivity index (χ2n) is 6.19. The Balaban J connectivity index is 2.11. The third kappa shape index (κ3) is 4.45. The summed E-state index contributed by atoms with van der Waals surface area (Å²) in [6, 6.07) is 3.45. The summed E-state index contributed by atoms with van der Waals surface area (Å²) in [5.41, 5.74) is 0.538. The number of benzene rings is 1. The van der Waals surface area contributed by atoms with E-state index in [4.69, 9.17) is 9.47 Å². The van der Waals surface area contributed by atoms with Crippen molar-refractivity contribution in [3.8, 4) is 11.5 Å². The summed E-state index contributed by atoms with van der Waals surface area (Å²) in [5, 5.41) is 0. The Hall–Kier alpha value is -1.76. The van der Waals surface area contributed by atoms with Gasteiger partial charge in [-0.05, 0) is 35.0 Å². The van der Waals surface area contributed by atoms with E-state index in [0.717, 1.165) is 0 Å². The van der Waals surface area contributed by atoms with E-state index < -0.39 is 0 Å². The number of carbonyl (C=O) groups excluding carboxylic acids is 2. The fourth-order valence-corrected chi connectivity index (χ4v) is 3.36. The Bertz CT molecular complexity index is 640. The van der Waals surface area contributed by atoms with E-state index in [1.54, 1.807) is 24.1 Å². The van der Waals surface area contributed by atoms with Crippen molar-refractivity contribution in [3.05, 3.63) is 22.2 Å². The van der Waals surface area contributed by atoms with Crippen molar-refractivity contribution in [3.63, 3.8) is 0 Å². The molecule has 1 heterocycles. The molecule has 25 heavy (non-hydrogen) atoms. The number of amides is 2. The van der Waals surface area contributed by atoms with E-state index in [1.165, 1.54) is 0 Å². The summed E-state index contributed by atoms with van der Waals surface area (Å²) >= 11 is 3.45. The summed E-state index contributed by atoms with van der Waals surface area (Å²) in [4.78, 5) is 28.5. The van der Waals surface area contributed by atoms with Crippen LogP contribution < -0.4 is 9.47 Å². The molecule has 1 saturated heterocycles. The SMILES string of the molecule is CCOc1c(Br)cc(C(=O)N2CCN(C(=O)C(C)C)CC2)cc1OC. The van der Waals surface area contributed by atoms with Crippen LogP contribution in [0, 0.1) is 5.92 Å². The zero-order chi connectivity index (χ0) is 18.6. The molecule has 0 N–H and O–H groups in total. The van der Waals surface area contributed by atoms with Crippen molar-refractivity contribution in [1.82, 2.24) is 9.80 Å². The van der Waals surface area contributed by atoms with Crippen LogP contribution in [0.4, 0.5) is 0 Å². The quantitative estimate of drug-likeness (QED) is 0.745. The fourth-order valence-electron chi connectivity index (χ4n) is 2.81. The van der Waals surface area contributed by atoms with E-state index in [1.807, 2.05) is 25.7 Å². The lowest BCUT2D eigenvalue weighted by atomic mass is 10.1. The topological polar surface area (TPSA) is 59.1 Å². The molecule has 6 nitrogen and oxygen atoms in total. The number of carbonyl (C=O) groups is 2. The third-order valence-electron chi connectivity index (χ3n) is 4.14. The molecule has 0 saturated carbocycles. The summed E-state index contributed by atoms with van der Waals surface area (Å²) < 4.78 is 11.6. The average molecular weight is 413 g/mol. The number of halogens is 1. The molecule has 0 aliphatic carbocycles. The number of ether oxygens (including phenoxy) is 2. The molecule has 138 valence electrons. The Morgan fingerprint density at radius 2 is 1.76 bits per heavy atom. The molecular formula is C18H25BrN2O4. The first-order valence-electron chi connectivity index (χ1n) is 8.47. The largest absolute Gasteiger partial charge is 0.493 e. The third-order valence-corrected chi connectivity index (χ3v) is 4.73. The first-order chi connectivity index (χ1) is 11.9. The van der Waals surface area contributed by atoms with Gasteiger partial charge in [0.2, 0.25) is 5.91 Å². The summed E-state index contributed by atoms with van der Waals surface area (Å²) in [6.45, 7) is 8.38. The minimum absolute atomic E-state index is 0.0198. The molecule has 0 spiro atoms. The Labute approximate surface area is 157 Å². The minimum atomic E-state index is -0.0707. The highest BCUT2D eigenvalue weighted by atomic mass is 79.9. The van der Waals surface area contributed by atoms with E-state index in [0.29, 0.717) is 54.3 Å². The highest BCUT2D eigenvalue weighted by Gasteiger charge is 2.27. The maximum absolute atomic E-state index is 12.8. The minimum Gasteiger partial charge on any atom is -0.493 e. The van der Waals surface area contributed by atoms with Gasteiger partial charge in [-0.3, -0.25) is 9.59 Å². The second-order valence-corrected chi connectivity index (χ2v) is 7.05. The lowest BCUT2D eigenvalue weighted by molar-refractivity contribution is -0.135. The molecule has 7 heteroatoms. The van der Waals surface area contributed by atoms with Gasteiger partial charge in [0.15, 0.2) is 11.5 Å². The predicted octanol–water partition coefficient (Wildman–Crippen LogP) is 2.80. The van der Waals surface area contributed by atoms with Gasteiger partial charge < -0.3 is 19.3 Å². The van der Waals surface area contributed by atoms with Crippen LogP contribution in [0.15, 0.2) is 16.6 Å². The molecular weight excluding hydrogens is 388 g/mol. The van der Waals surface area contributed by atoms with Gasteiger partial charge in [-0.25, -0.2) is 0 Å². The van der Waals surface area contributed by atoms with Crippen molar-refractivity contribution in [1.29, 1.82) is 0 Å². The van der Waals surface area contributed by atoms with E-state index in [-0.39, 0.29) is 17.7 Å². The van der Waals surface area contributed by atoms with Crippen molar-refractivity contribution in [2.75, 3.05) is 39.9 Å². The molecule has 0 aromatic heterocycles. The number of hydrogen-bond donors (Lipinski definition) is 0. The van der Waals surface area contributed by atoms with Gasteiger partial charge in [-0.2, -0.15) is 0 Å². The lowest BCUT2D eigenvalue weighted by Crippen LogP contribution is -2.51. The Morgan fingerprint density at radius 1 is 1.16 bits per heavy atom. The van der Waals surface area contributed by atoms with E-state index in [2.05, 4.69) is 15.9 Å². The number of methoxy groups -OCH3 is 1. The number of piperazine rings is 1. The Morgan fingerprint density at radius 3 is 2.28 bits per heavy atom. The maximum atomic E-state index is 12.8. The predicted molar refractivity (Wildman–Crippen MR) is 99.2 cm³/mol. The van der Waals surface area contributed by atoms with Gasteiger partial charge in [0.05, 0.1) is 18.2 Å². The molecule has 2 amide bonds. The molecule has 1 aromatic rings. The van der Waals surface area contributed by atoms with E-state index in [9.17, 15) is 9.59 Å². The monoisotopic (exact) mass is 412 g/mol. The van der Waals surface area contributed by atoms with Crippen LogP contribution in [0.2, 0.25) is 0 Å². The van der Waals surface area contributed by atoms with Crippen LogP contribution in [0.5, 0.6) is 11.5 Å². The molecule has 0 unspecified atom stereocenters. The van der Waals surface area contributed by atoms with Gasteiger partial charge >= 0.3 is 0 Å². The average Bonchev–Trinajstić information content (AvgIpc) is 2.62. The van der Waals surface area contributed by atoms with Crippen LogP contribution in [0.25, 0.3) is 0 Å². The Kier molecular flexibility index (Phi) is 6.70. The molecule has 0 radical (unpaired) electrons. The molecule has 0 bridgehead atoms. The zero-order valence-electron chi connectivity index (χ0n) is 15.2. The highest BCUT2D eigenvalue weighted by molar-refractivity contribution is 9.10. The molecule has 2 rings (SSSR count). The highest BCUT2D eigenvalue weighted by Crippen LogP contribution is 2.37. The van der Waals surface area contributed by atoms with Crippen molar-refractivity contribution in [2.45, 2.75) is 20.8 Å². The molecule has 1 aliphatic rings. The van der Waals surface area contributed by atoms with Gasteiger partial charge in [0.1, 0.15) is 0 Å². The lowest BCUT2D eigenvalue weighted by Gasteiger charge is -2.35. The normalized spacial score (nSPS) is 14.6. The smallest absolute Gasteiger partial charge is 0.254 e. The van der Waals surface area contributed by atoms with Gasteiger partial charge in [0.25, 0.3) is 5.91 Å². The number of nitrogens with zero attached hydrogens (tertiary/aromatic N) is 2. The zero-order valence-corrected chi connectivity index (χ0v) is 16.8. The maximum Gasteiger partial charge on any atom is 0.254 e. The summed E-state index contributed by atoms with van der Waals surface area (Å²) in [7, 11) is 1.55. The second kappa shape index (κ2) is 8.56. The van der Waals surface area contributed by atoms with Gasteiger partial charge in [0, 0.05) is 37.7 Å². The summed E-state index contributed by atoms with van der Waals surface area (Å²) in [5.74, 6) is 1.16. The summed E-state index contributed by atoms with van der Waals surface area (Å²) in [6.07, 6.45) is 0. The molecule has 0 atom stereocenters.